The number of hydrogen-bond donors (Lipinski definition) is 1. The summed E-state index contributed by atoms with van der Waals surface area (Å²) in [5.41, 5.74) is 3.50. The lowest BCUT2D eigenvalue weighted by Gasteiger charge is -2.24. The third kappa shape index (κ3) is 3.32. The molecule has 0 bridgehead atoms. The first-order chi connectivity index (χ1) is 11.6. The van der Waals surface area contributed by atoms with Crippen molar-refractivity contribution in [3.8, 4) is 0 Å². The van der Waals surface area contributed by atoms with Gasteiger partial charge in [-0.15, -0.1) is 0 Å². The summed E-state index contributed by atoms with van der Waals surface area (Å²) in [6.07, 6.45) is 1.55. The number of para-hydroxylation sites is 1. The van der Waals surface area contributed by atoms with Crippen molar-refractivity contribution in [1.29, 1.82) is 0 Å². The number of anilines is 1. The van der Waals surface area contributed by atoms with Crippen molar-refractivity contribution in [3.63, 3.8) is 0 Å². The van der Waals surface area contributed by atoms with Crippen molar-refractivity contribution >= 4 is 17.5 Å². The number of rotatable bonds is 3. The molecular weight excluding hydrogens is 300 g/mol. The van der Waals surface area contributed by atoms with Gasteiger partial charge in [-0.05, 0) is 50.5 Å². The van der Waals surface area contributed by atoms with Crippen LogP contribution in [0, 0.1) is 13.8 Å². The van der Waals surface area contributed by atoms with E-state index in [4.69, 9.17) is 0 Å². The van der Waals surface area contributed by atoms with Gasteiger partial charge in [-0.3, -0.25) is 9.59 Å². The fraction of sp³-hybridized carbons (Fsp3) is 0.300. The van der Waals surface area contributed by atoms with Crippen LogP contribution in [0.3, 0.4) is 0 Å². The Morgan fingerprint density at radius 1 is 1.08 bits per heavy atom. The van der Waals surface area contributed by atoms with Gasteiger partial charge in [-0.1, -0.05) is 35.9 Å². The molecule has 0 radical (unpaired) electrons. The van der Waals surface area contributed by atoms with Crippen molar-refractivity contribution in [3.05, 3.63) is 65.2 Å². The smallest absolute Gasteiger partial charge is 0.254 e. The first-order valence-corrected chi connectivity index (χ1v) is 8.30. The number of nitrogens with zero attached hydrogens (tertiary/aromatic N) is 1. The number of aryl methyl sites for hydroxylation is 2. The number of carbonyl (C=O) groups is 2. The van der Waals surface area contributed by atoms with Crippen LogP contribution in [0.15, 0.2) is 48.5 Å². The van der Waals surface area contributed by atoms with E-state index in [1.807, 2.05) is 62.4 Å². The molecule has 4 nitrogen and oxygen atoms in total. The van der Waals surface area contributed by atoms with Crippen LogP contribution >= 0.6 is 0 Å². The van der Waals surface area contributed by atoms with Gasteiger partial charge in [0.05, 0.1) is 0 Å². The third-order valence-corrected chi connectivity index (χ3v) is 4.48. The van der Waals surface area contributed by atoms with Crippen molar-refractivity contribution in [2.75, 3.05) is 11.9 Å². The minimum atomic E-state index is -0.405. The molecule has 24 heavy (non-hydrogen) atoms. The normalized spacial score (nSPS) is 16.9. The molecule has 3 rings (SSSR count). The quantitative estimate of drug-likeness (QED) is 0.939. The predicted octanol–water partition coefficient (Wildman–Crippen LogP) is 3.55. The van der Waals surface area contributed by atoms with E-state index in [1.54, 1.807) is 4.90 Å². The Hall–Kier alpha value is -2.62. The summed E-state index contributed by atoms with van der Waals surface area (Å²) in [7, 11) is 0. The maximum Gasteiger partial charge on any atom is 0.254 e. The zero-order valence-corrected chi connectivity index (χ0v) is 14.1. The van der Waals surface area contributed by atoms with Crippen molar-refractivity contribution in [2.24, 2.45) is 0 Å². The second kappa shape index (κ2) is 6.87. The summed E-state index contributed by atoms with van der Waals surface area (Å²) in [4.78, 5) is 27.2. The van der Waals surface area contributed by atoms with E-state index in [2.05, 4.69) is 5.32 Å². The zero-order valence-electron chi connectivity index (χ0n) is 14.1. The molecule has 0 aromatic heterocycles. The van der Waals surface area contributed by atoms with Gasteiger partial charge in [0.25, 0.3) is 5.91 Å². The molecule has 4 heteroatoms. The van der Waals surface area contributed by atoms with Crippen LogP contribution in [-0.2, 0) is 4.79 Å². The molecule has 1 fully saturated rings. The number of hydrogen-bond acceptors (Lipinski definition) is 2. The van der Waals surface area contributed by atoms with E-state index >= 15 is 0 Å². The van der Waals surface area contributed by atoms with E-state index in [-0.39, 0.29) is 11.8 Å². The maximum absolute atomic E-state index is 12.8. The van der Waals surface area contributed by atoms with Gasteiger partial charge in [-0.2, -0.15) is 0 Å². The van der Waals surface area contributed by atoms with Gasteiger partial charge < -0.3 is 10.2 Å². The molecule has 1 N–H and O–H groups in total. The topological polar surface area (TPSA) is 49.4 Å². The largest absolute Gasteiger partial charge is 0.327 e. The molecule has 0 saturated carbocycles. The number of nitrogens with one attached hydrogen (secondary N) is 1. The van der Waals surface area contributed by atoms with E-state index in [1.165, 1.54) is 0 Å². The Bertz CT molecular complexity index is 770. The van der Waals surface area contributed by atoms with E-state index in [0.717, 1.165) is 23.2 Å². The second-order valence-electron chi connectivity index (χ2n) is 6.33. The van der Waals surface area contributed by atoms with Gasteiger partial charge in [-0.25, -0.2) is 0 Å². The Balaban J connectivity index is 1.76. The van der Waals surface area contributed by atoms with Gasteiger partial charge >= 0.3 is 0 Å². The molecule has 2 aromatic rings. The number of amides is 2. The lowest BCUT2D eigenvalue weighted by atomic mass is 10.1. The highest BCUT2D eigenvalue weighted by molar-refractivity contribution is 6.01. The number of carbonyl (C=O) groups excluding carboxylic acids is 2. The molecule has 0 spiro atoms. The predicted molar refractivity (Wildman–Crippen MR) is 95.0 cm³/mol. The lowest BCUT2D eigenvalue weighted by Crippen LogP contribution is -2.43. The van der Waals surface area contributed by atoms with Gasteiger partial charge in [0.1, 0.15) is 6.04 Å². The second-order valence-corrected chi connectivity index (χ2v) is 6.33. The molecule has 1 heterocycles. The molecule has 2 aromatic carbocycles. The van der Waals surface area contributed by atoms with Crippen LogP contribution in [0.4, 0.5) is 5.69 Å². The Kier molecular flexibility index (Phi) is 4.65. The molecule has 124 valence electrons. The standard InChI is InChI=1S/C20H22N2O2/c1-14-7-5-9-16(13-14)20(24)22-12-6-11-18(22)19(23)21-17-10-4-3-8-15(17)2/h3-5,7-10,13,18H,6,11-12H2,1-2H3,(H,21,23)/t18-/m0/s1. The van der Waals surface area contributed by atoms with Crippen LogP contribution in [0.25, 0.3) is 0 Å². The van der Waals surface area contributed by atoms with Crippen LogP contribution in [0.1, 0.15) is 34.3 Å². The molecular formula is C20H22N2O2. The monoisotopic (exact) mass is 322 g/mol. The van der Waals surface area contributed by atoms with Crippen LogP contribution < -0.4 is 5.32 Å². The summed E-state index contributed by atoms with van der Waals surface area (Å²) in [5, 5.41) is 2.97. The fourth-order valence-corrected chi connectivity index (χ4v) is 3.16. The van der Waals surface area contributed by atoms with Gasteiger partial charge in [0, 0.05) is 17.8 Å². The minimum absolute atomic E-state index is 0.0684. The first kappa shape index (κ1) is 16.2. The van der Waals surface area contributed by atoms with E-state index in [9.17, 15) is 9.59 Å². The van der Waals surface area contributed by atoms with Crippen LogP contribution in [0.5, 0.6) is 0 Å². The van der Waals surface area contributed by atoms with Gasteiger partial charge in [0.2, 0.25) is 5.91 Å². The Labute approximate surface area is 142 Å². The fourth-order valence-electron chi connectivity index (χ4n) is 3.16. The van der Waals surface area contributed by atoms with Crippen molar-refractivity contribution in [2.45, 2.75) is 32.7 Å². The highest BCUT2D eigenvalue weighted by atomic mass is 16.2. The molecule has 0 aliphatic carbocycles. The highest BCUT2D eigenvalue weighted by Gasteiger charge is 2.34. The summed E-state index contributed by atoms with van der Waals surface area (Å²) in [5.74, 6) is -0.177. The summed E-state index contributed by atoms with van der Waals surface area (Å²) < 4.78 is 0. The van der Waals surface area contributed by atoms with E-state index in [0.29, 0.717) is 18.5 Å². The SMILES string of the molecule is Cc1cccc(C(=O)N2CCC[C@H]2C(=O)Nc2ccccc2C)c1. The molecule has 1 atom stereocenters. The minimum Gasteiger partial charge on any atom is -0.327 e. The summed E-state index contributed by atoms with van der Waals surface area (Å²) in [6, 6.07) is 14.8. The average molecular weight is 322 g/mol. The average Bonchev–Trinajstić information content (AvgIpc) is 3.06. The number of likely N-dealkylation sites (tertiary alicyclic amines) is 1. The third-order valence-electron chi connectivity index (χ3n) is 4.48. The first-order valence-electron chi connectivity index (χ1n) is 8.30. The Morgan fingerprint density at radius 2 is 1.88 bits per heavy atom. The highest BCUT2D eigenvalue weighted by Crippen LogP contribution is 2.23. The molecule has 1 aliphatic heterocycles. The molecule has 1 aliphatic rings. The van der Waals surface area contributed by atoms with Crippen molar-refractivity contribution < 1.29 is 9.59 Å². The van der Waals surface area contributed by atoms with Crippen molar-refractivity contribution in [1.82, 2.24) is 4.90 Å². The molecule has 1 saturated heterocycles. The number of benzene rings is 2. The van der Waals surface area contributed by atoms with Crippen LogP contribution in [-0.4, -0.2) is 29.3 Å². The molecule has 2 amide bonds. The lowest BCUT2D eigenvalue weighted by molar-refractivity contribution is -0.119. The Morgan fingerprint density at radius 3 is 2.62 bits per heavy atom. The zero-order chi connectivity index (χ0) is 17.1. The molecule has 0 unspecified atom stereocenters. The summed E-state index contributed by atoms with van der Waals surface area (Å²) in [6.45, 7) is 4.54. The van der Waals surface area contributed by atoms with Gasteiger partial charge in [0.15, 0.2) is 0 Å². The summed E-state index contributed by atoms with van der Waals surface area (Å²) >= 11 is 0. The van der Waals surface area contributed by atoms with Crippen LogP contribution in [0.2, 0.25) is 0 Å². The maximum atomic E-state index is 12.8. The van der Waals surface area contributed by atoms with E-state index < -0.39 is 6.04 Å².